The van der Waals surface area contributed by atoms with Crippen LogP contribution in [0.1, 0.15) is 17.2 Å². The third kappa shape index (κ3) is 5.13. The number of halogens is 5. The number of rotatable bonds is 6. The summed E-state index contributed by atoms with van der Waals surface area (Å²) in [5.41, 5.74) is 0.449. The number of benzene rings is 2. The van der Waals surface area contributed by atoms with Crippen LogP contribution in [-0.4, -0.2) is 28.7 Å². The largest absolute Gasteiger partial charge is 0.495 e. The predicted octanol–water partition coefficient (Wildman–Crippen LogP) is 5.62. The van der Waals surface area contributed by atoms with E-state index in [2.05, 4.69) is 15.3 Å². The van der Waals surface area contributed by atoms with Crippen LogP contribution in [0.4, 0.5) is 19.0 Å². The van der Waals surface area contributed by atoms with Gasteiger partial charge >= 0.3 is 6.18 Å². The van der Waals surface area contributed by atoms with Crippen molar-refractivity contribution in [3.05, 3.63) is 70.0 Å². The minimum atomic E-state index is -4.53. The van der Waals surface area contributed by atoms with Crippen molar-refractivity contribution in [2.24, 2.45) is 0 Å². The lowest BCUT2D eigenvalue weighted by molar-refractivity contribution is -0.137. The zero-order valence-corrected chi connectivity index (χ0v) is 17.1. The van der Waals surface area contributed by atoms with E-state index >= 15 is 0 Å². The first-order valence-corrected chi connectivity index (χ1v) is 9.39. The van der Waals surface area contributed by atoms with E-state index in [0.29, 0.717) is 33.4 Å². The number of aliphatic hydroxyl groups is 1. The molecule has 0 fully saturated rings. The molecule has 30 heavy (non-hydrogen) atoms. The highest BCUT2D eigenvalue weighted by molar-refractivity contribution is 6.32. The van der Waals surface area contributed by atoms with E-state index in [-0.39, 0.29) is 6.54 Å². The Kier molecular flexibility index (Phi) is 6.70. The number of hydrogen-bond acceptors (Lipinski definition) is 5. The molecule has 0 aliphatic carbocycles. The monoisotopic (exact) mass is 457 g/mol. The second kappa shape index (κ2) is 9.07. The second-order valence-electron chi connectivity index (χ2n) is 6.27. The molecule has 158 valence electrons. The molecule has 1 unspecified atom stereocenters. The smallest absolute Gasteiger partial charge is 0.417 e. The molecule has 5 nitrogen and oxygen atoms in total. The van der Waals surface area contributed by atoms with Gasteiger partial charge in [0.25, 0.3) is 0 Å². The number of hydrogen-bond donors (Lipinski definition) is 2. The molecule has 2 N–H and O–H groups in total. The fourth-order valence-corrected chi connectivity index (χ4v) is 3.28. The van der Waals surface area contributed by atoms with Gasteiger partial charge in [0.15, 0.2) is 0 Å². The van der Waals surface area contributed by atoms with Gasteiger partial charge in [-0.2, -0.15) is 13.2 Å². The molecule has 0 aliphatic heterocycles. The highest BCUT2D eigenvalue weighted by atomic mass is 35.5. The molecular weight excluding hydrogens is 442 g/mol. The summed E-state index contributed by atoms with van der Waals surface area (Å²) in [6.45, 7) is 0.118. The maximum absolute atomic E-state index is 12.9. The van der Waals surface area contributed by atoms with Gasteiger partial charge in [-0.1, -0.05) is 35.3 Å². The molecule has 0 amide bonds. The molecule has 0 radical (unpaired) electrons. The van der Waals surface area contributed by atoms with Crippen LogP contribution >= 0.6 is 23.2 Å². The van der Waals surface area contributed by atoms with Gasteiger partial charge in [-0.15, -0.1) is 0 Å². The average Bonchev–Trinajstić information content (AvgIpc) is 2.71. The fraction of sp³-hybridized carbons (Fsp3) is 0.200. The van der Waals surface area contributed by atoms with E-state index < -0.39 is 22.9 Å². The Labute approximate surface area is 180 Å². The molecule has 3 aromatic rings. The van der Waals surface area contributed by atoms with Crippen LogP contribution in [0.15, 0.2) is 48.8 Å². The maximum Gasteiger partial charge on any atom is 0.417 e. The van der Waals surface area contributed by atoms with Crippen LogP contribution < -0.4 is 10.1 Å². The lowest BCUT2D eigenvalue weighted by Gasteiger charge is -2.14. The Morgan fingerprint density at radius 1 is 1.07 bits per heavy atom. The van der Waals surface area contributed by atoms with Crippen molar-refractivity contribution in [2.45, 2.75) is 12.3 Å². The summed E-state index contributed by atoms with van der Waals surface area (Å²) in [6.07, 6.45) is -4.15. The molecule has 0 aliphatic rings. The Hall–Kier alpha value is -2.55. The molecule has 0 bridgehead atoms. The highest BCUT2D eigenvalue weighted by Crippen LogP contribution is 2.36. The predicted molar refractivity (Wildman–Crippen MR) is 109 cm³/mol. The number of nitrogens with zero attached hydrogens (tertiary/aromatic N) is 2. The number of methoxy groups -OCH3 is 1. The number of aliphatic hydroxyl groups excluding tert-OH is 1. The number of ether oxygens (including phenoxy) is 1. The average molecular weight is 458 g/mol. The van der Waals surface area contributed by atoms with E-state index in [1.807, 2.05) is 0 Å². The third-order valence-corrected chi connectivity index (χ3v) is 4.88. The molecule has 2 aromatic carbocycles. The Bertz CT molecular complexity index is 1050. The zero-order valence-electron chi connectivity index (χ0n) is 15.5. The lowest BCUT2D eigenvalue weighted by Crippen LogP contribution is -2.13. The first-order chi connectivity index (χ1) is 14.2. The van der Waals surface area contributed by atoms with E-state index in [1.54, 1.807) is 24.3 Å². The maximum atomic E-state index is 12.9. The van der Waals surface area contributed by atoms with Crippen LogP contribution in [0.25, 0.3) is 11.3 Å². The Morgan fingerprint density at radius 2 is 1.83 bits per heavy atom. The Morgan fingerprint density at radius 3 is 2.47 bits per heavy atom. The Balaban J connectivity index is 1.73. The van der Waals surface area contributed by atoms with Gasteiger partial charge in [-0.3, -0.25) is 0 Å². The SMILES string of the molecule is COc1ccc(C(O)CNc2cc(-c3ccc(C(F)(F)F)c(Cl)c3)ncn2)cc1Cl. The van der Waals surface area contributed by atoms with Crippen LogP contribution in [0, 0.1) is 0 Å². The molecule has 1 atom stereocenters. The van der Waals surface area contributed by atoms with Crippen molar-refractivity contribution in [1.29, 1.82) is 0 Å². The summed E-state index contributed by atoms with van der Waals surface area (Å²) in [4.78, 5) is 8.14. The van der Waals surface area contributed by atoms with Gasteiger partial charge in [0.1, 0.15) is 17.9 Å². The van der Waals surface area contributed by atoms with Crippen molar-refractivity contribution < 1.29 is 23.0 Å². The van der Waals surface area contributed by atoms with Gasteiger partial charge in [0, 0.05) is 18.2 Å². The van der Waals surface area contributed by atoms with Gasteiger partial charge in [0.2, 0.25) is 0 Å². The van der Waals surface area contributed by atoms with Gasteiger partial charge < -0.3 is 15.2 Å². The van der Waals surface area contributed by atoms with E-state index in [9.17, 15) is 18.3 Å². The summed E-state index contributed by atoms with van der Waals surface area (Å²) in [5, 5.41) is 13.3. The molecule has 1 aromatic heterocycles. The summed E-state index contributed by atoms with van der Waals surface area (Å²) < 4.78 is 43.7. The number of alkyl halides is 3. The summed E-state index contributed by atoms with van der Waals surface area (Å²) in [6, 6.07) is 9.88. The standard InChI is InChI=1S/C20H16Cl2F3N3O2/c1-30-18-5-3-12(7-15(18)22)17(29)9-26-19-8-16(27-10-28-19)11-2-4-13(14(21)6-11)20(23,24)25/h2-8,10,17,29H,9H2,1H3,(H,26,27,28). The van der Waals surface area contributed by atoms with E-state index in [0.717, 1.165) is 6.07 Å². The molecule has 1 heterocycles. The van der Waals surface area contributed by atoms with Crippen molar-refractivity contribution in [2.75, 3.05) is 19.0 Å². The molecule has 10 heteroatoms. The van der Waals surface area contributed by atoms with Gasteiger partial charge in [-0.25, -0.2) is 9.97 Å². The van der Waals surface area contributed by atoms with Crippen LogP contribution in [0.3, 0.4) is 0 Å². The molecular formula is C20H16Cl2F3N3O2. The second-order valence-corrected chi connectivity index (χ2v) is 7.09. The van der Waals surface area contributed by atoms with Crippen LogP contribution in [0.2, 0.25) is 10.0 Å². The van der Waals surface area contributed by atoms with Crippen molar-refractivity contribution in [1.82, 2.24) is 9.97 Å². The minimum absolute atomic E-state index is 0.118. The summed E-state index contributed by atoms with van der Waals surface area (Å²) in [5.74, 6) is 0.880. The van der Waals surface area contributed by atoms with E-state index in [1.165, 1.54) is 25.6 Å². The normalized spacial score (nSPS) is 12.5. The van der Waals surface area contributed by atoms with Crippen LogP contribution in [-0.2, 0) is 6.18 Å². The highest BCUT2D eigenvalue weighted by Gasteiger charge is 2.33. The third-order valence-electron chi connectivity index (χ3n) is 4.27. The first kappa shape index (κ1) is 22.1. The number of aromatic nitrogens is 2. The molecule has 0 saturated heterocycles. The molecule has 0 spiro atoms. The van der Waals surface area contributed by atoms with Crippen molar-refractivity contribution in [3.8, 4) is 17.0 Å². The first-order valence-electron chi connectivity index (χ1n) is 8.63. The lowest BCUT2D eigenvalue weighted by atomic mass is 10.1. The number of anilines is 1. The summed E-state index contributed by atoms with van der Waals surface area (Å²) >= 11 is 11.8. The van der Waals surface area contributed by atoms with Crippen molar-refractivity contribution in [3.63, 3.8) is 0 Å². The zero-order chi connectivity index (χ0) is 21.9. The molecule has 3 rings (SSSR count). The minimum Gasteiger partial charge on any atom is -0.495 e. The van der Waals surface area contributed by atoms with Gasteiger partial charge in [-0.05, 0) is 29.8 Å². The summed E-state index contributed by atoms with van der Waals surface area (Å²) in [7, 11) is 1.50. The number of nitrogens with one attached hydrogen (secondary N) is 1. The topological polar surface area (TPSA) is 67.3 Å². The fourth-order valence-electron chi connectivity index (χ4n) is 2.73. The van der Waals surface area contributed by atoms with Crippen molar-refractivity contribution >= 4 is 29.0 Å². The van der Waals surface area contributed by atoms with E-state index in [4.69, 9.17) is 27.9 Å². The quantitative estimate of drug-likeness (QED) is 0.502. The van der Waals surface area contributed by atoms with Gasteiger partial charge in [0.05, 0.1) is 34.5 Å². The van der Waals surface area contributed by atoms with Crippen LogP contribution in [0.5, 0.6) is 5.75 Å². The molecule has 0 saturated carbocycles.